The molecule has 1 fully saturated rings. The highest BCUT2D eigenvalue weighted by atomic mass is 35.5. The van der Waals surface area contributed by atoms with Crippen LogP contribution in [0.5, 0.6) is 5.75 Å². The lowest BCUT2D eigenvalue weighted by Gasteiger charge is -2.43. The maximum atomic E-state index is 13.6. The molecule has 208 valence electrons. The molecule has 3 aromatic carbocycles. The van der Waals surface area contributed by atoms with Crippen LogP contribution in [-0.2, 0) is 5.41 Å². The average Bonchev–Trinajstić information content (AvgIpc) is 3.43. The molecule has 0 radical (unpaired) electrons. The largest absolute Gasteiger partial charge is 0.506 e. The summed E-state index contributed by atoms with van der Waals surface area (Å²) >= 11 is 8.12. The summed E-state index contributed by atoms with van der Waals surface area (Å²) in [5, 5.41) is 21.6. The van der Waals surface area contributed by atoms with Crippen molar-refractivity contribution in [3.05, 3.63) is 71.0 Å². The third kappa shape index (κ3) is 4.66. The highest BCUT2D eigenvalue weighted by Gasteiger charge is 2.54. The summed E-state index contributed by atoms with van der Waals surface area (Å²) in [6.07, 6.45) is 2.67. The van der Waals surface area contributed by atoms with Gasteiger partial charge in [-0.25, -0.2) is 14.2 Å². The van der Waals surface area contributed by atoms with Gasteiger partial charge in [-0.05, 0) is 80.7 Å². The predicted octanol–water partition coefficient (Wildman–Crippen LogP) is 7.63. The van der Waals surface area contributed by atoms with Crippen molar-refractivity contribution >= 4 is 61.4 Å². The van der Waals surface area contributed by atoms with E-state index in [2.05, 4.69) is 39.7 Å². The number of fused-ring (bicyclic) bond motifs is 3. The van der Waals surface area contributed by atoms with Gasteiger partial charge < -0.3 is 20.6 Å². The van der Waals surface area contributed by atoms with Gasteiger partial charge >= 0.3 is 6.03 Å². The minimum Gasteiger partial charge on any atom is -0.506 e. The number of carbonyl (C=O) groups is 1. The summed E-state index contributed by atoms with van der Waals surface area (Å²) in [6.45, 7) is 6.14. The van der Waals surface area contributed by atoms with Crippen LogP contribution < -0.4 is 20.9 Å². The maximum Gasteiger partial charge on any atom is 0.325 e. The second-order valence-electron chi connectivity index (χ2n) is 10.9. The number of urea groups is 1. The molecular weight excluding hydrogens is 549 g/mol. The lowest BCUT2D eigenvalue weighted by Crippen LogP contribution is -2.50. The van der Waals surface area contributed by atoms with Gasteiger partial charge in [0.05, 0.1) is 27.3 Å². The normalized spacial score (nSPS) is 17.9. The number of benzene rings is 3. The number of hydrogen-bond donors (Lipinski definition) is 4. The number of phenolic OH excluding ortho intramolecular Hbond substituents is 1. The molecule has 0 saturated carbocycles. The molecule has 4 N–H and O–H groups in total. The zero-order chi connectivity index (χ0) is 28.0. The van der Waals surface area contributed by atoms with Gasteiger partial charge in [-0.3, -0.25) is 5.32 Å². The number of nitrogens with zero attached hydrogens (tertiary/aromatic N) is 2. The number of halogens is 2. The van der Waals surface area contributed by atoms with Crippen LogP contribution >= 0.6 is 22.9 Å². The number of nitrogens with one attached hydrogen (secondary N) is 3. The van der Waals surface area contributed by atoms with Gasteiger partial charge in [0.2, 0.25) is 0 Å². The van der Waals surface area contributed by atoms with E-state index in [9.17, 15) is 14.3 Å². The molecule has 3 heterocycles. The Hall–Kier alpha value is -3.40. The van der Waals surface area contributed by atoms with Gasteiger partial charge in [-0.1, -0.05) is 48.9 Å². The molecule has 7 nitrogen and oxygen atoms in total. The quantitative estimate of drug-likeness (QED) is 0.195. The Bertz CT molecular complexity index is 1590. The van der Waals surface area contributed by atoms with Crippen molar-refractivity contribution in [3.63, 3.8) is 0 Å². The zero-order valence-corrected chi connectivity index (χ0v) is 23.9. The zero-order valence-electron chi connectivity index (χ0n) is 22.3. The molecule has 1 saturated heterocycles. The Labute approximate surface area is 241 Å². The van der Waals surface area contributed by atoms with Crippen LogP contribution in [-0.4, -0.2) is 35.3 Å². The van der Waals surface area contributed by atoms with Crippen LogP contribution in [0, 0.1) is 11.7 Å². The number of anilines is 4. The lowest BCUT2D eigenvalue weighted by molar-refractivity contribution is 0.248. The van der Waals surface area contributed by atoms with Gasteiger partial charge in [0.15, 0.2) is 5.13 Å². The first kappa shape index (κ1) is 26.8. The van der Waals surface area contributed by atoms with Crippen molar-refractivity contribution in [3.8, 4) is 5.75 Å². The molecule has 1 atom stereocenters. The molecule has 0 aliphatic carbocycles. The minimum absolute atomic E-state index is 0.0283. The fourth-order valence-electron chi connectivity index (χ4n) is 6.36. The number of phenols is 1. The number of hydrogen-bond acceptors (Lipinski definition) is 6. The molecule has 6 rings (SSSR count). The number of para-hydroxylation sites is 2. The van der Waals surface area contributed by atoms with E-state index in [0.717, 1.165) is 43.6 Å². The molecule has 4 aromatic rings. The van der Waals surface area contributed by atoms with E-state index < -0.39 is 6.03 Å². The van der Waals surface area contributed by atoms with Gasteiger partial charge in [0, 0.05) is 22.0 Å². The molecule has 2 aliphatic heterocycles. The number of aromatic hydroxyl groups is 1. The van der Waals surface area contributed by atoms with Crippen molar-refractivity contribution in [1.82, 2.24) is 10.3 Å². The first-order chi connectivity index (χ1) is 19.3. The standard InChI is InChI=1S/C30H31ClFN5O2S/c1-17(2)15-25-30(11-13-33-14-12-30)26-19(31)8-10-23(38)27(26)37(25)22-6-4-3-5-20(22)34-28(39)36-29-35-21-9-7-18(32)16-24(21)40-29/h3-10,16-17,25,33,38H,11-15H2,1-2H3,(H2,34,35,36,39). The van der Waals surface area contributed by atoms with Crippen LogP contribution in [0.25, 0.3) is 10.2 Å². The summed E-state index contributed by atoms with van der Waals surface area (Å²) in [6, 6.07) is 15.0. The van der Waals surface area contributed by atoms with Crippen LogP contribution in [0.3, 0.4) is 0 Å². The second kappa shape index (κ2) is 10.5. The Morgan fingerprint density at radius 1 is 1.20 bits per heavy atom. The van der Waals surface area contributed by atoms with E-state index in [-0.39, 0.29) is 23.0 Å². The molecule has 1 unspecified atom stereocenters. The van der Waals surface area contributed by atoms with Crippen molar-refractivity contribution in [2.75, 3.05) is 28.6 Å². The topological polar surface area (TPSA) is 89.5 Å². The first-order valence-corrected chi connectivity index (χ1v) is 14.7. The third-order valence-electron chi connectivity index (χ3n) is 7.97. The summed E-state index contributed by atoms with van der Waals surface area (Å²) < 4.78 is 14.3. The van der Waals surface area contributed by atoms with Gasteiger partial charge in [0.1, 0.15) is 11.6 Å². The molecule has 40 heavy (non-hydrogen) atoms. The Morgan fingerprint density at radius 3 is 2.75 bits per heavy atom. The summed E-state index contributed by atoms with van der Waals surface area (Å²) in [5.41, 5.74) is 3.45. The van der Waals surface area contributed by atoms with Gasteiger partial charge in [-0.15, -0.1) is 0 Å². The number of amides is 2. The van der Waals surface area contributed by atoms with E-state index in [1.54, 1.807) is 18.2 Å². The molecule has 1 aromatic heterocycles. The van der Waals surface area contributed by atoms with Crippen LogP contribution in [0.4, 0.5) is 31.4 Å². The van der Waals surface area contributed by atoms with Gasteiger partial charge in [-0.2, -0.15) is 0 Å². The van der Waals surface area contributed by atoms with E-state index in [1.165, 1.54) is 23.5 Å². The maximum absolute atomic E-state index is 13.6. The van der Waals surface area contributed by atoms with Crippen LogP contribution in [0.1, 0.15) is 38.7 Å². The van der Waals surface area contributed by atoms with Crippen LogP contribution in [0.2, 0.25) is 5.02 Å². The fourth-order valence-corrected chi connectivity index (χ4v) is 7.58. The molecule has 10 heteroatoms. The smallest absolute Gasteiger partial charge is 0.325 e. The van der Waals surface area contributed by atoms with E-state index >= 15 is 0 Å². The first-order valence-electron chi connectivity index (χ1n) is 13.5. The Balaban J connectivity index is 1.39. The minimum atomic E-state index is -0.460. The number of piperidine rings is 1. The molecule has 0 bridgehead atoms. The van der Waals surface area contributed by atoms with E-state index in [1.807, 2.05) is 24.3 Å². The summed E-state index contributed by atoms with van der Waals surface area (Å²) in [7, 11) is 0. The molecular formula is C30H31ClFN5O2S. The Morgan fingerprint density at radius 2 is 1.98 bits per heavy atom. The summed E-state index contributed by atoms with van der Waals surface area (Å²) in [5.74, 6) is 0.212. The SMILES string of the molecule is CC(C)CC1N(c2ccccc2NC(=O)Nc2nc3ccc(F)cc3s2)c2c(O)ccc(Cl)c2C12CCNCC2. The highest BCUT2D eigenvalue weighted by Crippen LogP contribution is 2.60. The average molecular weight is 580 g/mol. The predicted molar refractivity (Wildman–Crippen MR) is 161 cm³/mol. The molecule has 2 amide bonds. The molecule has 2 aliphatic rings. The van der Waals surface area contributed by atoms with Crippen molar-refractivity contribution < 1.29 is 14.3 Å². The monoisotopic (exact) mass is 579 g/mol. The number of aromatic nitrogens is 1. The lowest BCUT2D eigenvalue weighted by atomic mass is 9.68. The summed E-state index contributed by atoms with van der Waals surface area (Å²) in [4.78, 5) is 19.8. The van der Waals surface area contributed by atoms with Crippen molar-refractivity contribution in [2.24, 2.45) is 5.92 Å². The van der Waals surface area contributed by atoms with E-state index in [0.29, 0.717) is 37.7 Å². The van der Waals surface area contributed by atoms with Crippen molar-refractivity contribution in [1.29, 1.82) is 0 Å². The number of rotatable bonds is 5. The van der Waals surface area contributed by atoms with Gasteiger partial charge in [0.25, 0.3) is 0 Å². The number of carbonyl (C=O) groups excluding carboxylic acids is 1. The number of thiazole rings is 1. The van der Waals surface area contributed by atoms with Crippen molar-refractivity contribution in [2.45, 2.75) is 44.6 Å². The third-order valence-corrected chi connectivity index (χ3v) is 9.22. The van der Waals surface area contributed by atoms with E-state index in [4.69, 9.17) is 11.6 Å². The van der Waals surface area contributed by atoms with Crippen LogP contribution in [0.15, 0.2) is 54.6 Å². The fraction of sp³-hybridized carbons (Fsp3) is 0.333. The highest BCUT2D eigenvalue weighted by molar-refractivity contribution is 7.22. The molecule has 1 spiro atoms. The second-order valence-corrected chi connectivity index (χ2v) is 12.4. The Kier molecular flexibility index (Phi) is 7.06.